The second-order valence-corrected chi connectivity index (χ2v) is 4.80. The van der Waals surface area contributed by atoms with Crippen molar-refractivity contribution in [3.05, 3.63) is 42.0 Å². The zero-order valence-electron chi connectivity index (χ0n) is 11.0. The summed E-state index contributed by atoms with van der Waals surface area (Å²) < 4.78 is 0. The van der Waals surface area contributed by atoms with Gasteiger partial charge in [-0.05, 0) is 24.1 Å². The summed E-state index contributed by atoms with van der Waals surface area (Å²) in [6.07, 6.45) is 4.91. The highest BCUT2D eigenvalue weighted by atomic mass is 16.3. The van der Waals surface area contributed by atoms with Crippen LogP contribution < -0.4 is 10.6 Å². The molecular weight excluding hydrogens is 254 g/mol. The lowest BCUT2D eigenvalue weighted by molar-refractivity contribution is 0.238. The largest absolute Gasteiger partial charge is 0.396 e. The average Bonchev–Trinajstić information content (AvgIpc) is 2.89. The van der Waals surface area contributed by atoms with Crippen molar-refractivity contribution >= 4 is 11.7 Å². The molecule has 0 aliphatic heterocycles. The minimum atomic E-state index is -0.272. The van der Waals surface area contributed by atoms with E-state index in [2.05, 4.69) is 16.7 Å². The quantitative estimate of drug-likeness (QED) is 0.730. The molecule has 0 bridgehead atoms. The van der Waals surface area contributed by atoms with Gasteiger partial charge in [0.2, 0.25) is 0 Å². The summed E-state index contributed by atoms with van der Waals surface area (Å²) in [5.74, 6) is 0.130. The van der Waals surface area contributed by atoms with Gasteiger partial charge in [-0.15, -0.1) is 0 Å². The maximum absolute atomic E-state index is 11.8. The number of aliphatic hydroxyl groups is 1. The van der Waals surface area contributed by atoms with E-state index in [1.54, 1.807) is 12.1 Å². The normalized spacial score (nSPS) is 20.4. The number of nitrogens with one attached hydrogen (secondary N) is 2. The van der Waals surface area contributed by atoms with E-state index < -0.39 is 0 Å². The first kappa shape index (κ1) is 14.1. The summed E-state index contributed by atoms with van der Waals surface area (Å²) in [6.45, 7) is 0.108. The Morgan fingerprint density at radius 1 is 1.35 bits per heavy atom. The van der Waals surface area contributed by atoms with Crippen LogP contribution in [0.25, 0.3) is 0 Å². The number of amides is 2. The van der Waals surface area contributed by atoms with Crippen LogP contribution >= 0.6 is 0 Å². The molecule has 104 valence electrons. The fourth-order valence-corrected chi connectivity index (χ4v) is 2.15. The van der Waals surface area contributed by atoms with Gasteiger partial charge < -0.3 is 15.7 Å². The molecule has 3 N–H and O–H groups in total. The molecule has 0 saturated heterocycles. The Hall–Kier alpha value is -2.32. The van der Waals surface area contributed by atoms with Gasteiger partial charge in [-0.3, -0.25) is 0 Å². The molecule has 20 heavy (non-hydrogen) atoms. The van der Waals surface area contributed by atoms with Gasteiger partial charge in [0, 0.05) is 24.3 Å². The Morgan fingerprint density at radius 3 is 2.70 bits per heavy atom. The number of rotatable bonds is 4. The van der Waals surface area contributed by atoms with Gasteiger partial charge in [0.15, 0.2) is 0 Å². The summed E-state index contributed by atoms with van der Waals surface area (Å²) in [5.41, 5.74) is 1.60. The molecule has 1 aromatic carbocycles. The first-order valence-electron chi connectivity index (χ1n) is 6.54. The zero-order chi connectivity index (χ0) is 14.4. The van der Waals surface area contributed by atoms with Gasteiger partial charge >= 0.3 is 6.03 Å². The van der Waals surface area contributed by atoms with E-state index >= 15 is 0 Å². The molecule has 1 aromatic rings. The number of nitriles is 1. The smallest absolute Gasteiger partial charge is 0.319 e. The van der Waals surface area contributed by atoms with Gasteiger partial charge in [0.1, 0.15) is 0 Å². The molecule has 5 heteroatoms. The van der Waals surface area contributed by atoms with Crippen molar-refractivity contribution in [3.8, 4) is 6.07 Å². The Kier molecular flexibility index (Phi) is 4.75. The zero-order valence-corrected chi connectivity index (χ0v) is 11.0. The number of urea groups is 1. The minimum absolute atomic E-state index is 0.0370. The number of anilines is 1. The molecule has 0 unspecified atom stereocenters. The highest BCUT2D eigenvalue weighted by Crippen LogP contribution is 2.17. The van der Waals surface area contributed by atoms with Gasteiger partial charge in [-0.25, -0.2) is 4.79 Å². The Labute approximate surface area is 117 Å². The van der Waals surface area contributed by atoms with E-state index in [4.69, 9.17) is 10.4 Å². The van der Waals surface area contributed by atoms with Crippen LogP contribution in [0.4, 0.5) is 10.5 Å². The molecule has 2 amide bonds. The van der Waals surface area contributed by atoms with E-state index in [9.17, 15) is 4.79 Å². The van der Waals surface area contributed by atoms with Crippen LogP contribution in [0.3, 0.4) is 0 Å². The van der Waals surface area contributed by atoms with Crippen LogP contribution in [0.5, 0.6) is 0 Å². The second-order valence-electron chi connectivity index (χ2n) is 4.80. The third-order valence-corrected chi connectivity index (χ3v) is 3.22. The van der Waals surface area contributed by atoms with E-state index in [-0.39, 0.29) is 24.6 Å². The van der Waals surface area contributed by atoms with E-state index in [1.807, 2.05) is 24.3 Å². The van der Waals surface area contributed by atoms with E-state index in [0.29, 0.717) is 12.1 Å². The monoisotopic (exact) mass is 271 g/mol. The van der Waals surface area contributed by atoms with Crippen molar-refractivity contribution in [2.24, 2.45) is 5.92 Å². The number of nitrogens with zero attached hydrogens (tertiary/aromatic N) is 1. The predicted octanol–water partition coefficient (Wildman–Crippen LogP) is 1.81. The highest BCUT2D eigenvalue weighted by Gasteiger charge is 2.19. The molecule has 0 spiro atoms. The Balaban J connectivity index is 1.83. The lowest BCUT2D eigenvalue weighted by atomic mass is 10.1. The van der Waals surface area contributed by atoms with Gasteiger partial charge in [0.25, 0.3) is 0 Å². The number of benzene rings is 1. The molecule has 0 saturated carbocycles. The first-order valence-corrected chi connectivity index (χ1v) is 6.54. The Morgan fingerprint density at radius 2 is 2.10 bits per heavy atom. The predicted molar refractivity (Wildman–Crippen MR) is 76.0 cm³/mol. The van der Waals surface area contributed by atoms with Crippen LogP contribution in [0.2, 0.25) is 0 Å². The molecule has 0 heterocycles. The minimum Gasteiger partial charge on any atom is -0.396 e. The molecule has 0 radical (unpaired) electrons. The Bertz CT molecular complexity index is 531. The van der Waals surface area contributed by atoms with E-state index in [0.717, 1.165) is 12.0 Å². The third-order valence-electron chi connectivity index (χ3n) is 3.22. The molecule has 1 aliphatic rings. The van der Waals surface area contributed by atoms with E-state index in [1.165, 1.54) is 0 Å². The third kappa shape index (κ3) is 3.84. The van der Waals surface area contributed by atoms with Crippen LogP contribution in [0.15, 0.2) is 36.4 Å². The van der Waals surface area contributed by atoms with Crippen LogP contribution in [-0.2, 0) is 6.42 Å². The van der Waals surface area contributed by atoms with Crippen molar-refractivity contribution in [2.45, 2.75) is 18.9 Å². The molecule has 2 rings (SSSR count). The number of hydrogen-bond donors (Lipinski definition) is 3. The summed E-state index contributed by atoms with van der Waals surface area (Å²) in [7, 11) is 0. The number of carbonyl (C=O) groups excluding carboxylic acids is 1. The van der Waals surface area contributed by atoms with Gasteiger partial charge in [-0.1, -0.05) is 24.3 Å². The molecule has 2 atom stereocenters. The van der Waals surface area contributed by atoms with Crippen LogP contribution in [0.1, 0.15) is 12.0 Å². The van der Waals surface area contributed by atoms with Gasteiger partial charge in [0.05, 0.1) is 12.5 Å². The summed E-state index contributed by atoms with van der Waals surface area (Å²) >= 11 is 0. The standard InChI is InChI=1S/C15H17N3O2/c16-8-7-11-1-4-13(5-2-11)17-15(20)18-14-6-3-12(9-14)10-19/h1-6,12,14,19H,7,9-10H2,(H2,17,18,20)/t12-,14+/m0/s1. The van der Waals surface area contributed by atoms with Crippen molar-refractivity contribution in [1.82, 2.24) is 5.32 Å². The van der Waals surface area contributed by atoms with Crippen molar-refractivity contribution in [1.29, 1.82) is 5.26 Å². The lowest BCUT2D eigenvalue weighted by Gasteiger charge is -2.13. The fraction of sp³-hybridized carbons (Fsp3) is 0.333. The SMILES string of the molecule is N#CCc1ccc(NC(=O)N[C@@H]2C=C[C@H](CO)C2)cc1. The molecule has 0 fully saturated rings. The maximum Gasteiger partial charge on any atom is 0.319 e. The maximum atomic E-state index is 11.8. The van der Waals surface area contributed by atoms with Crippen LogP contribution in [0, 0.1) is 17.2 Å². The first-order chi connectivity index (χ1) is 9.71. The summed E-state index contributed by atoms with van der Waals surface area (Å²) in [5, 5.41) is 23.2. The van der Waals surface area contributed by atoms with Crippen molar-refractivity contribution in [3.63, 3.8) is 0 Å². The molecule has 0 aromatic heterocycles. The highest BCUT2D eigenvalue weighted by molar-refractivity contribution is 5.89. The van der Waals surface area contributed by atoms with Gasteiger partial charge in [-0.2, -0.15) is 5.26 Å². The van der Waals surface area contributed by atoms with Crippen molar-refractivity contribution in [2.75, 3.05) is 11.9 Å². The molecule has 1 aliphatic carbocycles. The topological polar surface area (TPSA) is 85.2 Å². The lowest BCUT2D eigenvalue weighted by Crippen LogP contribution is -2.36. The molecule has 5 nitrogen and oxygen atoms in total. The number of carbonyl (C=O) groups is 1. The number of hydrogen-bond acceptors (Lipinski definition) is 3. The molecular formula is C15H17N3O2. The summed E-state index contributed by atoms with van der Waals surface area (Å²) in [6, 6.07) is 8.94. The second kappa shape index (κ2) is 6.73. The fourth-order valence-electron chi connectivity index (χ4n) is 2.15. The van der Waals surface area contributed by atoms with Crippen LogP contribution in [-0.4, -0.2) is 23.8 Å². The summed E-state index contributed by atoms with van der Waals surface area (Å²) in [4.78, 5) is 11.8. The van der Waals surface area contributed by atoms with Crippen molar-refractivity contribution < 1.29 is 9.90 Å². The number of aliphatic hydroxyl groups excluding tert-OH is 1. The average molecular weight is 271 g/mol.